The van der Waals surface area contributed by atoms with Crippen molar-refractivity contribution in [2.24, 2.45) is 0 Å². The smallest absolute Gasteiger partial charge is 0.238 e. The van der Waals surface area contributed by atoms with Crippen molar-refractivity contribution in [3.05, 3.63) is 133 Å². The zero-order valence-electron chi connectivity index (χ0n) is 33.0. The number of para-hydroxylation sites is 1. The number of benzene rings is 6. The van der Waals surface area contributed by atoms with Crippen molar-refractivity contribution in [2.75, 3.05) is 0 Å². The quantitative estimate of drug-likeness (QED) is 0.197. The van der Waals surface area contributed by atoms with Crippen LogP contribution in [0.1, 0.15) is 13.7 Å². The maximum Gasteiger partial charge on any atom is 0.238 e. The van der Waals surface area contributed by atoms with Gasteiger partial charge in [0.15, 0.2) is 11.6 Å². The number of hydrogen-bond acceptors (Lipinski definition) is 5. The van der Waals surface area contributed by atoms with Gasteiger partial charge in [-0.25, -0.2) is 4.98 Å². The minimum Gasteiger partial charge on any atom is -0.276 e. The predicted octanol–water partition coefficient (Wildman–Crippen LogP) is 11.0. The van der Waals surface area contributed by atoms with E-state index in [1.807, 2.05) is 66.7 Å². The molecule has 0 radical (unpaired) electrons. The van der Waals surface area contributed by atoms with Crippen LogP contribution in [0.15, 0.2) is 133 Å². The number of thiophene rings is 2. The van der Waals surface area contributed by atoms with E-state index in [0.717, 1.165) is 31.5 Å². The molecule has 4 heterocycles. The van der Waals surface area contributed by atoms with Crippen molar-refractivity contribution in [1.82, 2.24) is 19.5 Å². The number of nitrogens with zero attached hydrogens (tertiary/aromatic N) is 4. The number of aromatic nitrogens is 4. The van der Waals surface area contributed by atoms with Gasteiger partial charge in [0.2, 0.25) is 5.95 Å². The summed E-state index contributed by atoms with van der Waals surface area (Å²) in [5.41, 5.74) is 1.53. The maximum absolute atomic E-state index is 9.36. The van der Waals surface area contributed by atoms with E-state index in [9.17, 15) is 4.11 Å². The molecular weight excluding hydrogens is 589 g/mol. The van der Waals surface area contributed by atoms with Crippen molar-refractivity contribution < 1.29 is 13.7 Å². The summed E-state index contributed by atoms with van der Waals surface area (Å²) in [4.78, 5) is 15.0. The summed E-state index contributed by atoms with van der Waals surface area (Å²) in [7, 11) is 0. The Morgan fingerprint density at radius 3 is 2.22 bits per heavy atom. The lowest BCUT2D eigenvalue weighted by Gasteiger charge is -2.12. The fourth-order valence-electron chi connectivity index (χ4n) is 6.03. The predicted molar refractivity (Wildman–Crippen MR) is 191 cm³/mol. The molecule has 0 saturated heterocycles. The molecule has 6 aromatic carbocycles. The van der Waals surface area contributed by atoms with E-state index < -0.39 is 36.3 Å². The van der Waals surface area contributed by atoms with Gasteiger partial charge in [-0.05, 0) is 24.2 Å². The molecule has 0 unspecified atom stereocenters. The first kappa shape index (κ1) is 17.2. The van der Waals surface area contributed by atoms with E-state index in [4.69, 9.17) is 24.5 Å². The first-order valence-corrected chi connectivity index (χ1v) is 15.7. The molecule has 0 atom stereocenters. The van der Waals surface area contributed by atoms with Crippen molar-refractivity contribution in [3.63, 3.8) is 0 Å². The highest BCUT2D eigenvalue weighted by Gasteiger charge is 2.22. The third-order valence-electron chi connectivity index (χ3n) is 7.96. The summed E-state index contributed by atoms with van der Waals surface area (Å²) in [6, 6.07) is 19.1. The highest BCUT2D eigenvalue weighted by molar-refractivity contribution is 7.26. The van der Waals surface area contributed by atoms with E-state index in [2.05, 4.69) is 6.07 Å². The molecule has 0 aliphatic heterocycles. The Kier molecular flexibility index (Phi) is 3.64. The number of rotatable bonds is 3. The Hall–Kier alpha value is -5.43. The lowest BCUT2D eigenvalue weighted by molar-refractivity contribution is 0.956. The monoisotopic (exact) mass is 620 g/mol. The largest absolute Gasteiger partial charge is 0.276 e. The van der Waals surface area contributed by atoms with E-state index in [0.29, 0.717) is 21.7 Å². The summed E-state index contributed by atoms with van der Waals surface area (Å²) < 4.78 is 92.7. The average molecular weight is 621 g/mol. The van der Waals surface area contributed by atoms with Crippen LogP contribution in [0.4, 0.5) is 0 Å². The molecule has 0 aliphatic rings. The minimum atomic E-state index is -0.518. The van der Waals surface area contributed by atoms with Crippen molar-refractivity contribution >= 4 is 84.8 Å². The van der Waals surface area contributed by atoms with Gasteiger partial charge in [-0.15, -0.1) is 22.7 Å². The molecule has 0 N–H and O–H groups in total. The third-order valence-corrected chi connectivity index (χ3v) is 10.2. The fourth-order valence-corrected chi connectivity index (χ4v) is 8.27. The van der Waals surface area contributed by atoms with E-state index in [1.165, 1.54) is 4.57 Å². The first-order valence-electron chi connectivity index (χ1n) is 19.1. The first-order chi connectivity index (χ1) is 26.5. The molecule has 0 fully saturated rings. The molecule has 0 amide bonds. The van der Waals surface area contributed by atoms with E-state index >= 15 is 0 Å². The van der Waals surface area contributed by atoms with Gasteiger partial charge in [-0.1, -0.05) is 109 Å². The van der Waals surface area contributed by atoms with Crippen LogP contribution in [0, 0.1) is 0 Å². The maximum atomic E-state index is 9.36. The van der Waals surface area contributed by atoms with E-state index in [-0.39, 0.29) is 73.2 Å². The lowest BCUT2D eigenvalue weighted by Crippen LogP contribution is -2.06. The molecule has 0 bridgehead atoms. The molecular formula is C39H22N4S2. The Bertz CT molecular complexity index is 3340. The summed E-state index contributed by atoms with van der Waals surface area (Å²) in [5.74, 6) is 0.563. The second kappa shape index (κ2) is 9.53. The van der Waals surface area contributed by atoms with Gasteiger partial charge in [-0.3, -0.25) is 4.57 Å². The topological polar surface area (TPSA) is 43.6 Å². The van der Waals surface area contributed by atoms with Crippen LogP contribution in [0.25, 0.3) is 90.9 Å². The van der Waals surface area contributed by atoms with Gasteiger partial charge in [0.25, 0.3) is 0 Å². The van der Waals surface area contributed by atoms with Crippen LogP contribution in [0.2, 0.25) is 0 Å². The van der Waals surface area contributed by atoms with Crippen molar-refractivity contribution in [1.29, 1.82) is 0 Å². The van der Waals surface area contributed by atoms with Gasteiger partial charge in [0, 0.05) is 57.5 Å². The van der Waals surface area contributed by atoms with Gasteiger partial charge < -0.3 is 0 Å². The Labute approximate surface area is 279 Å². The van der Waals surface area contributed by atoms with Gasteiger partial charge in [0.1, 0.15) is 0 Å². The van der Waals surface area contributed by atoms with Crippen LogP contribution in [-0.2, 0) is 0 Å². The second-order valence-corrected chi connectivity index (χ2v) is 12.6. The Morgan fingerprint density at radius 1 is 0.533 bits per heavy atom. The van der Waals surface area contributed by atoms with Crippen LogP contribution >= 0.6 is 22.7 Å². The fraction of sp³-hybridized carbons (Fsp3) is 0. The molecule has 10 rings (SSSR count). The van der Waals surface area contributed by atoms with Gasteiger partial charge >= 0.3 is 0 Å². The van der Waals surface area contributed by atoms with Crippen LogP contribution in [0.3, 0.4) is 0 Å². The van der Waals surface area contributed by atoms with Crippen molar-refractivity contribution in [3.8, 4) is 28.7 Å². The molecule has 10 aromatic rings. The van der Waals surface area contributed by atoms with E-state index in [1.54, 1.807) is 11.3 Å². The molecule has 0 saturated carbocycles. The highest BCUT2D eigenvalue weighted by Crippen LogP contribution is 2.43. The lowest BCUT2D eigenvalue weighted by atomic mass is 10.1. The normalized spacial score (nSPS) is 15.1. The van der Waals surface area contributed by atoms with Crippen molar-refractivity contribution in [2.45, 2.75) is 0 Å². The zero-order valence-corrected chi connectivity index (χ0v) is 24.7. The summed E-state index contributed by atoms with van der Waals surface area (Å²) in [5, 5.41) is 2.19. The minimum absolute atomic E-state index is 0.00688. The molecule has 4 aromatic heterocycles. The second-order valence-electron chi connectivity index (χ2n) is 10.5. The molecule has 0 spiro atoms. The van der Waals surface area contributed by atoms with Crippen LogP contribution in [-0.4, -0.2) is 19.5 Å². The molecule has 4 nitrogen and oxygen atoms in total. The molecule has 6 heteroatoms. The Morgan fingerprint density at radius 2 is 1.29 bits per heavy atom. The summed E-state index contributed by atoms with van der Waals surface area (Å²) in [6.45, 7) is 0. The summed E-state index contributed by atoms with van der Waals surface area (Å²) >= 11 is 2.65. The number of fused-ring (bicyclic) bond motifs is 10. The molecule has 45 heavy (non-hydrogen) atoms. The Balaban J connectivity index is 1.45. The zero-order chi connectivity index (χ0) is 38.2. The SMILES string of the molecule is [2H]c1c([2H])c([2H])c2c(sc3c2c([2H])c([2H])c2c4c([2H])c([2H])c([2H])c([2H])c4n(-c4nc(-c5ccccc5)nc(-c5cccc6sc7ccccc7c56)n4)c32)c1[2H]. The third kappa shape index (κ3) is 3.67. The summed E-state index contributed by atoms with van der Waals surface area (Å²) in [6.07, 6.45) is 0. The van der Waals surface area contributed by atoms with Crippen LogP contribution in [0.5, 0.6) is 0 Å². The number of hydrogen-bond donors (Lipinski definition) is 0. The van der Waals surface area contributed by atoms with Gasteiger partial charge in [-0.2, -0.15) is 9.97 Å². The van der Waals surface area contributed by atoms with Gasteiger partial charge in [0.05, 0.1) is 29.4 Å². The average Bonchev–Trinajstić information content (AvgIpc) is 3.90. The van der Waals surface area contributed by atoms with Crippen LogP contribution < -0.4 is 0 Å². The molecule has 0 aliphatic carbocycles. The highest BCUT2D eigenvalue weighted by atomic mass is 32.1. The standard InChI is InChI=1S/C39H22N4S2/c1-2-11-23(12-3-1)37-40-38(29-16-10-20-33-34(29)28-15-6-9-19-32(28)44-33)42-39(41-37)43-30-17-7-4-13-24(30)26-21-22-27-25-14-5-8-18-31(25)45-36(27)35(26)43/h1-22H/i4D,5D,7D,8D,13D,14D,17D,18D,21D,22D. The molecule has 210 valence electrons.